The van der Waals surface area contributed by atoms with Gasteiger partial charge in [-0.2, -0.15) is 0 Å². The van der Waals surface area contributed by atoms with Crippen LogP contribution in [0.3, 0.4) is 0 Å². The lowest BCUT2D eigenvalue weighted by Gasteiger charge is -2.12. The zero-order valence-electron chi connectivity index (χ0n) is 11.5. The predicted molar refractivity (Wildman–Crippen MR) is 74.8 cm³/mol. The van der Waals surface area contributed by atoms with E-state index in [0.717, 1.165) is 16.8 Å². The molecule has 0 saturated heterocycles. The highest BCUT2D eigenvalue weighted by Gasteiger charge is 2.12. The van der Waals surface area contributed by atoms with Crippen molar-refractivity contribution < 1.29 is 14.6 Å². The molecule has 0 spiro atoms. The molecule has 0 saturated carbocycles. The number of hydrogen-bond acceptors (Lipinski definition) is 6. The first-order chi connectivity index (χ1) is 9.78. The summed E-state index contributed by atoms with van der Waals surface area (Å²) in [4.78, 5) is 8.12. The molecule has 0 aliphatic heterocycles. The average molecular weight is 275 g/mol. The van der Waals surface area contributed by atoms with E-state index in [0.29, 0.717) is 18.3 Å². The van der Waals surface area contributed by atoms with Crippen molar-refractivity contribution in [3.63, 3.8) is 0 Å². The minimum absolute atomic E-state index is 0.0105. The average Bonchev–Trinajstić information content (AvgIpc) is 2.52. The summed E-state index contributed by atoms with van der Waals surface area (Å²) in [7, 11) is 3.11. The molecule has 0 radical (unpaired) electrons. The zero-order valence-corrected chi connectivity index (χ0v) is 11.5. The van der Waals surface area contributed by atoms with E-state index in [1.807, 2.05) is 24.3 Å². The number of aliphatic hydroxyl groups excluding tert-OH is 1. The second kappa shape index (κ2) is 6.72. The van der Waals surface area contributed by atoms with Crippen LogP contribution < -0.4 is 14.8 Å². The van der Waals surface area contributed by atoms with E-state index in [-0.39, 0.29) is 6.61 Å². The highest BCUT2D eigenvalue weighted by Crippen LogP contribution is 2.24. The Morgan fingerprint density at radius 3 is 2.45 bits per heavy atom. The van der Waals surface area contributed by atoms with Crippen molar-refractivity contribution in [3.8, 4) is 11.8 Å². The van der Waals surface area contributed by atoms with E-state index >= 15 is 0 Å². The summed E-state index contributed by atoms with van der Waals surface area (Å²) in [5.74, 6) is 0.949. The van der Waals surface area contributed by atoms with Gasteiger partial charge in [0, 0.05) is 5.69 Å². The topological polar surface area (TPSA) is 76.5 Å². The van der Waals surface area contributed by atoms with Crippen molar-refractivity contribution in [1.29, 1.82) is 0 Å². The Labute approximate surface area is 117 Å². The maximum atomic E-state index is 9.12. The van der Waals surface area contributed by atoms with E-state index in [9.17, 15) is 0 Å². The Hall–Kier alpha value is -2.34. The predicted octanol–water partition coefficient (Wildman–Crippen LogP) is 1.60. The third-order valence-corrected chi connectivity index (χ3v) is 2.83. The van der Waals surface area contributed by atoms with Crippen LogP contribution in [-0.2, 0) is 13.2 Å². The van der Waals surface area contributed by atoms with Crippen molar-refractivity contribution >= 4 is 5.69 Å². The molecule has 0 aliphatic rings. The number of aliphatic hydroxyl groups is 1. The quantitative estimate of drug-likeness (QED) is 0.834. The molecule has 0 aliphatic carbocycles. The number of aromatic nitrogens is 2. The minimum Gasteiger partial charge on any atom is -0.481 e. The van der Waals surface area contributed by atoms with Crippen molar-refractivity contribution in [2.75, 3.05) is 19.5 Å². The fourth-order valence-corrected chi connectivity index (χ4v) is 1.85. The molecule has 6 heteroatoms. The van der Waals surface area contributed by atoms with Crippen LogP contribution in [-0.4, -0.2) is 29.3 Å². The summed E-state index contributed by atoms with van der Waals surface area (Å²) >= 11 is 0. The Morgan fingerprint density at radius 1 is 1.15 bits per heavy atom. The molecule has 0 atom stereocenters. The summed E-state index contributed by atoms with van der Waals surface area (Å²) in [6.07, 6.45) is 1.40. The number of nitrogens with one attached hydrogen (secondary N) is 1. The fraction of sp³-hybridized carbons (Fsp3) is 0.286. The van der Waals surface area contributed by atoms with Crippen LogP contribution in [0.1, 0.15) is 11.1 Å². The highest BCUT2D eigenvalue weighted by molar-refractivity contribution is 5.47. The molecule has 2 rings (SSSR count). The van der Waals surface area contributed by atoms with Crippen molar-refractivity contribution in [2.24, 2.45) is 0 Å². The van der Waals surface area contributed by atoms with Crippen molar-refractivity contribution in [2.45, 2.75) is 13.2 Å². The van der Waals surface area contributed by atoms with Gasteiger partial charge in [0.2, 0.25) is 11.8 Å². The fourth-order valence-electron chi connectivity index (χ4n) is 1.85. The highest BCUT2D eigenvalue weighted by atomic mass is 16.5. The number of benzene rings is 1. The molecule has 2 aromatic rings. The van der Waals surface area contributed by atoms with Gasteiger partial charge in [-0.3, -0.25) is 0 Å². The number of nitrogens with zero attached hydrogens (tertiary/aromatic N) is 2. The van der Waals surface area contributed by atoms with Crippen LogP contribution in [0.5, 0.6) is 11.8 Å². The largest absolute Gasteiger partial charge is 0.481 e. The molecular weight excluding hydrogens is 258 g/mol. The Morgan fingerprint density at radius 2 is 1.85 bits per heavy atom. The summed E-state index contributed by atoms with van der Waals surface area (Å²) in [6.45, 7) is 0.471. The number of rotatable bonds is 6. The van der Waals surface area contributed by atoms with Gasteiger partial charge in [0.05, 0.1) is 32.9 Å². The van der Waals surface area contributed by atoms with E-state index in [1.165, 1.54) is 6.33 Å². The maximum absolute atomic E-state index is 9.12. The minimum atomic E-state index is 0.0105. The Bertz CT molecular complexity index is 553. The monoisotopic (exact) mass is 275 g/mol. The van der Waals surface area contributed by atoms with Crippen LogP contribution in [0.4, 0.5) is 5.69 Å². The number of anilines is 1. The maximum Gasteiger partial charge on any atom is 0.225 e. The first kappa shape index (κ1) is 14.1. The lowest BCUT2D eigenvalue weighted by Crippen LogP contribution is -2.07. The molecule has 20 heavy (non-hydrogen) atoms. The van der Waals surface area contributed by atoms with Crippen LogP contribution in [0.2, 0.25) is 0 Å². The lowest BCUT2D eigenvalue weighted by atomic mass is 10.2. The summed E-state index contributed by atoms with van der Waals surface area (Å²) in [5, 5.41) is 12.4. The standard InChI is InChI=1S/C14H17N3O3/c1-19-13-12(14(20-2)17-9-16-13)7-15-11-5-3-4-10(6-11)8-18/h3-6,9,15,18H,7-8H2,1-2H3. The Kier molecular flexibility index (Phi) is 4.73. The number of hydrogen-bond donors (Lipinski definition) is 2. The molecule has 0 amide bonds. The van der Waals surface area contributed by atoms with Gasteiger partial charge in [0.15, 0.2) is 0 Å². The van der Waals surface area contributed by atoms with E-state index in [1.54, 1.807) is 14.2 Å². The van der Waals surface area contributed by atoms with Gasteiger partial charge in [-0.1, -0.05) is 12.1 Å². The van der Waals surface area contributed by atoms with Crippen molar-refractivity contribution in [3.05, 3.63) is 41.7 Å². The summed E-state index contributed by atoms with van der Waals surface area (Å²) in [6, 6.07) is 7.53. The molecular formula is C14H17N3O3. The number of ether oxygens (including phenoxy) is 2. The van der Waals surface area contributed by atoms with E-state index < -0.39 is 0 Å². The van der Waals surface area contributed by atoms with Crippen LogP contribution in [0.25, 0.3) is 0 Å². The van der Waals surface area contributed by atoms with Crippen LogP contribution in [0, 0.1) is 0 Å². The van der Waals surface area contributed by atoms with Gasteiger partial charge in [-0.15, -0.1) is 0 Å². The Balaban J connectivity index is 2.17. The normalized spacial score (nSPS) is 10.2. The first-order valence-electron chi connectivity index (χ1n) is 6.14. The molecule has 2 N–H and O–H groups in total. The second-order valence-corrected chi connectivity index (χ2v) is 4.08. The van der Waals surface area contributed by atoms with Crippen LogP contribution in [0.15, 0.2) is 30.6 Å². The third-order valence-electron chi connectivity index (χ3n) is 2.83. The molecule has 6 nitrogen and oxygen atoms in total. The van der Waals surface area contributed by atoms with Gasteiger partial charge in [-0.05, 0) is 17.7 Å². The van der Waals surface area contributed by atoms with Crippen molar-refractivity contribution in [1.82, 2.24) is 9.97 Å². The molecule has 0 fully saturated rings. The van der Waals surface area contributed by atoms with Gasteiger partial charge in [0.1, 0.15) is 6.33 Å². The molecule has 1 aromatic carbocycles. The SMILES string of the molecule is COc1ncnc(OC)c1CNc1cccc(CO)c1. The van der Waals surface area contributed by atoms with E-state index in [4.69, 9.17) is 14.6 Å². The van der Waals surface area contributed by atoms with Gasteiger partial charge in [0.25, 0.3) is 0 Å². The zero-order chi connectivity index (χ0) is 14.4. The van der Waals surface area contributed by atoms with E-state index in [2.05, 4.69) is 15.3 Å². The molecule has 1 heterocycles. The molecule has 0 unspecified atom stereocenters. The molecule has 106 valence electrons. The van der Waals surface area contributed by atoms with Gasteiger partial charge >= 0.3 is 0 Å². The summed E-state index contributed by atoms with van der Waals surface area (Å²) < 4.78 is 10.4. The second-order valence-electron chi connectivity index (χ2n) is 4.08. The summed E-state index contributed by atoms with van der Waals surface area (Å²) in [5.41, 5.74) is 2.48. The number of methoxy groups -OCH3 is 2. The third kappa shape index (κ3) is 3.16. The smallest absolute Gasteiger partial charge is 0.225 e. The van der Waals surface area contributed by atoms with Gasteiger partial charge < -0.3 is 19.9 Å². The first-order valence-corrected chi connectivity index (χ1v) is 6.14. The lowest BCUT2D eigenvalue weighted by molar-refractivity contribution is 0.282. The molecule has 0 bridgehead atoms. The van der Waals surface area contributed by atoms with Crippen LogP contribution >= 0.6 is 0 Å². The molecule has 1 aromatic heterocycles. The van der Waals surface area contributed by atoms with Gasteiger partial charge in [-0.25, -0.2) is 9.97 Å².